The van der Waals surface area contributed by atoms with Crippen LogP contribution in [-0.2, 0) is 16.4 Å². The third kappa shape index (κ3) is 3.91. The Morgan fingerprint density at radius 3 is 2.23 bits per heavy atom. The van der Waals surface area contributed by atoms with Crippen LogP contribution >= 0.6 is 0 Å². The van der Waals surface area contributed by atoms with E-state index in [4.69, 9.17) is 5.73 Å². The van der Waals surface area contributed by atoms with Gasteiger partial charge in [-0.3, -0.25) is 0 Å². The summed E-state index contributed by atoms with van der Waals surface area (Å²) in [5, 5.41) is 0. The van der Waals surface area contributed by atoms with Gasteiger partial charge in [0.1, 0.15) is 10.7 Å². The summed E-state index contributed by atoms with van der Waals surface area (Å²) in [7, 11) is -3.89. The van der Waals surface area contributed by atoms with Gasteiger partial charge in [-0.15, -0.1) is 0 Å². The molecule has 0 atom stereocenters. The molecular formula is C16H19FN2O2S. The molecule has 0 fully saturated rings. The second-order valence-electron chi connectivity index (χ2n) is 4.86. The quantitative estimate of drug-likeness (QED) is 0.848. The second-order valence-corrected chi connectivity index (χ2v) is 6.77. The van der Waals surface area contributed by atoms with Gasteiger partial charge in [-0.2, -0.15) is 4.31 Å². The van der Waals surface area contributed by atoms with Crippen LogP contribution in [0.4, 0.5) is 4.39 Å². The van der Waals surface area contributed by atoms with Crippen LogP contribution in [0.1, 0.15) is 5.56 Å². The highest BCUT2D eigenvalue weighted by Gasteiger charge is 2.26. The predicted octanol–water partition coefficient (Wildman–Crippen LogP) is 2.02. The van der Waals surface area contributed by atoms with E-state index >= 15 is 0 Å². The summed E-state index contributed by atoms with van der Waals surface area (Å²) in [5.41, 5.74) is 6.53. The lowest BCUT2D eigenvalue weighted by molar-refractivity contribution is 0.417. The van der Waals surface area contributed by atoms with Crippen LogP contribution in [0.5, 0.6) is 0 Å². The van der Waals surface area contributed by atoms with E-state index in [-0.39, 0.29) is 24.5 Å². The monoisotopic (exact) mass is 322 g/mol. The van der Waals surface area contributed by atoms with Crippen LogP contribution in [0.3, 0.4) is 0 Å². The lowest BCUT2D eigenvalue weighted by Gasteiger charge is -2.21. The number of nitrogens with zero attached hydrogens (tertiary/aromatic N) is 1. The Kier molecular flexibility index (Phi) is 5.65. The molecule has 0 heterocycles. The zero-order valence-electron chi connectivity index (χ0n) is 12.2. The summed E-state index contributed by atoms with van der Waals surface area (Å²) in [4.78, 5) is -0.309. The Morgan fingerprint density at radius 2 is 1.59 bits per heavy atom. The van der Waals surface area contributed by atoms with Crippen molar-refractivity contribution in [2.24, 2.45) is 5.73 Å². The number of benzene rings is 2. The molecule has 0 saturated heterocycles. The lowest BCUT2D eigenvalue weighted by Crippen LogP contribution is -2.37. The number of hydrogen-bond donors (Lipinski definition) is 1. The van der Waals surface area contributed by atoms with Gasteiger partial charge in [0, 0.05) is 19.6 Å². The van der Waals surface area contributed by atoms with Crippen LogP contribution in [0.25, 0.3) is 0 Å². The van der Waals surface area contributed by atoms with E-state index in [0.717, 1.165) is 11.6 Å². The number of sulfonamides is 1. The van der Waals surface area contributed by atoms with Gasteiger partial charge in [0.2, 0.25) is 10.0 Å². The SMILES string of the molecule is NCCN(CCc1ccccc1)S(=O)(=O)c1ccccc1F. The van der Waals surface area contributed by atoms with Crippen molar-refractivity contribution in [3.8, 4) is 0 Å². The minimum atomic E-state index is -3.89. The number of rotatable bonds is 7. The van der Waals surface area contributed by atoms with E-state index in [9.17, 15) is 12.8 Å². The van der Waals surface area contributed by atoms with E-state index in [1.165, 1.54) is 22.5 Å². The number of halogens is 1. The summed E-state index contributed by atoms with van der Waals surface area (Å²) in [6.45, 7) is 0.601. The minimum Gasteiger partial charge on any atom is -0.329 e. The minimum absolute atomic E-state index is 0.156. The first-order chi connectivity index (χ1) is 10.6. The maximum Gasteiger partial charge on any atom is 0.246 e. The zero-order chi connectivity index (χ0) is 16.0. The topological polar surface area (TPSA) is 63.4 Å². The van der Waals surface area contributed by atoms with Crippen molar-refractivity contribution in [2.75, 3.05) is 19.6 Å². The predicted molar refractivity (Wildman–Crippen MR) is 84.4 cm³/mol. The second kappa shape index (κ2) is 7.49. The van der Waals surface area contributed by atoms with Gasteiger partial charge in [0.25, 0.3) is 0 Å². The highest BCUT2D eigenvalue weighted by Crippen LogP contribution is 2.19. The van der Waals surface area contributed by atoms with Crippen LogP contribution < -0.4 is 5.73 Å². The maximum atomic E-state index is 13.8. The van der Waals surface area contributed by atoms with E-state index < -0.39 is 15.8 Å². The molecule has 6 heteroatoms. The average molecular weight is 322 g/mol. The average Bonchev–Trinajstić information content (AvgIpc) is 2.52. The molecule has 2 aromatic rings. The maximum absolute atomic E-state index is 13.8. The van der Waals surface area contributed by atoms with Crippen molar-refractivity contribution in [3.63, 3.8) is 0 Å². The molecule has 2 N–H and O–H groups in total. The molecule has 0 spiro atoms. The van der Waals surface area contributed by atoms with Crippen molar-refractivity contribution in [2.45, 2.75) is 11.3 Å². The molecule has 0 aliphatic carbocycles. The molecule has 0 aliphatic heterocycles. The normalized spacial score (nSPS) is 11.8. The van der Waals surface area contributed by atoms with Crippen LogP contribution in [0, 0.1) is 5.82 Å². The fourth-order valence-electron chi connectivity index (χ4n) is 2.19. The highest BCUT2D eigenvalue weighted by molar-refractivity contribution is 7.89. The first-order valence-corrected chi connectivity index (χ1v) is 8.48. The summed E-state index contributed by atoms with van der Waals surface area (Å²) in [5.74, 6) is -0.746. The molecule has 0 radical (unpaired) electrons. The van der Waals surface area contributed by atoms with Crippen molar-refractivity contribution in [1.29, 1.82) is 0 Å². The molecule has 118 valence electrons. The molecular weight excluding hydrogens is 303 g/mol. The molecule has 22 heavy (non-hydrogen) atoms. The molecule has 2 aromatic carbocycles. The molecule has 0 aliphatic rings. The van der Waals surface area contributed by atoms with Crippen molar-refractivity contribution >= 4 is 10.0 Å². The van der Waals surface area contributed by atoms with Crippen LogP contribution in [0.15, 0.2) is 59.5 Å². The van der Waals surface area contributed by atoms with Crippen LogP contribution in [0.2, 0.25) is 0 Å². The highest BCUT2D eigenvalue weighted by atomic mass is 32.2. The van der Waals surface area contributed by atoms with Gasteiger partial charge in [-0.05, 0) is 24.1 Å². The van der Waals surface area contributed by atoms with Gasteiger partial charge >= 0.3 is 0 Å². The summed E-state index contributed by atoms with van der Waals surface area (Å²) >= 11 is 0. The van der Waals surface area contributed by atoms with Crippen molar-refractivity contribution in [1.82, 2.24) is 4.31 Å². The van der Waals surface area contributed by atoms with Crippen LogP contribution in [-0.4, -0.2) is 32.4 Å². The Labute approximate surface area is 130 Å². The fraction of sp³-hybridized carbons (Fsp3) is 0.250. The largest absolute Gasteiger partial charge is 0.329 e. The summed E-state index contributed by atoms with van der Waals surface area (Å²) < 4.78 is 40.2. The first-order valence-electron chi connectivity index (χ1n) is 7.04. The fourth-order valence-corrected chi connectivity index (χ4v) is 3.71. The molecule has 2 rings (SSSR count). The van der Waals surface area contributed by atoms with E-state index in [2.05, 4.69) is 0 Å². The third-order valence-electron chi connectivity index (χ3n) is 3.33. The molecule has 4 nitrogen and oxygen atoms in total. The molecule has 0 aromatic heterocycles. The number of nitrogens with two attached hydrogens (primary N) is 1. The van der Waals surface area contributed by atoms with E-state index in [1.54, 1.807) is 0 Å². The van der Waals surface area contributed by atoms with Gasteiger partial charge in [0.05, 0.1) is 0 Å². The van der Waals surface area contributed by atoms with Gasteiger partial charge in [-0.25, -0.2) is 12.8 Å². The Morgan fingerprint density at radius 1 is 0.955 bits per heavy atom. The van der Waals surface area contributed by atoms with Crippen molar-refractivity contribution < 1.29 is 12.8 Å². The van der Waals surface area contributed by atoms with E-state index in [0.29, 0.717) is 6.42 Å². The molecule has 0 amide bonds. The van der Waals surface area contributed by atoms with Crippen molar-refractivity contribution in [3.05, 3.63) is 66.0 Å². The van der Waals surface area contributed by atoms with Gasteiger partial charge in [0.15, 0.2) is 0 Å². The van der Waals surface area contributed by atoms with Gasteiger partial charge < -0.3 is 5.73 Å². The zero-order valence-corrected chi connectivity index (χ0v) is 13.0. The lowest BCUT2D eigenvalue weighted by atomic mass is 10.1. The summed E-state index contributed by atoms with van der Waals surface area (Å²) in [6, 6.07) is 14.9. The standard InChI is InChI=1S/C16H19FN2O2S/c17-15-8-4-5-9-16(15)22(20,21)19(13-11-18)12-10-14-6-2-1-3-7-14/h1-9H,10-13,18H2. The Balaban J connectivity index is 2.21. The molecule has 0 unspecified atom stereocenters. The Hall–Kier alpha value is -1.76. The number of hydrogen-bond acceptors (Lipinski definition) is 3. The molecule has 0 saturated carbocycles. The van der Waals surface area contributed by atoms with E-state index in [1.807, 2.05) is 30.3 Å². The summed E-state index contributed by atoms with van der Waals surface area (Å²) in [6.07, 6.45) is 0.550. The first kappa shape index (κ1) is 16.6. The molecule has 0 bridgehead atoms. The third-order valence-corrected chi connectivity index (χ3v) is 5.26. The van der Waals surface area contributed by atoms with Gasteiger partial charge in [-0.1, -0.05) is 42.5 Å². The Bertz CT molecular complexity index is 705. The smallest absolute Gasteiger partial charge is 0.246 e.